The maximum Gasteiger partial charge on any atom is 0.270 e. The summed E-state index contributed by atoms with van der Waals surface area (Å²) in [5.74, 6) is 0. The molecular weight excluding hydrogens is 236 g/mol. The first-order chi connectivity index (χ1) is 8.54. The first kappa shape index (κ1) is 12.3. The molecular formula is C11H12N4O3. The smallest absolute Gasteiger partial charge is 0.270 e. The minimum absolute atomic E-state index is 0.124. The molecule has 3 N–H and O–H groups in total. The number of nitriles is 1. The van der Waals surface area contributed by atoms with Crippen molar-refractivity contribution in [2.75, 3.05) is 25.0 Å². The highest BCUT2D eigenvalue weighted by Crippen LogP contribution is 2.22. The van der Waals surface area contributed by atoms with E-state index in [-0.39, 0.29) is 11.3 Å². The lowest BCUT2D eigenvalue weighted by molar-refractivity contribution is -0.384. The van der Waals surface area contributed by atoms with Crippen molar-refractivity contribution in [1.82, 2.24) is 5.32 Å². The number of anilines is 1. The summed E-state index contributed by atoms with van der Waals surface area (Å²) in [4.78, 5) is 10.0. The molecule has 1 aliphatic heterocycles. The van der Waals surface area contributed by atoms with E-state index in [0.29, 0.717) is 25.3 Å². The van der Waals surface area contributed by atoms with Gasteiger partial charge in [0.05, 0.1) is 16.2 Å². The average molecular weight is 248 g/mol. The predicted octanol–water partition coefficient (Wildman–Crippen LogP) is 0.213. The van der Waals surface area contributed by atoms with Crippen LogP contribution in [0, 0.1) is 21.4 Å². The van der Waals surface area contributed by atoms with E-state index >= 15 is 0 Å². The third-order valence-corrected chi connectivity index (χ3v) is 2.85. The second-order valence-electron chi connectivity index (χ2n) is 4.28. The first-order valence-electron chi connectivity index (χ1n) is 5.40. The van der Waals surface area contributed by atoms with E-state index in [4.69, 9.17) is 5.26 Å². The Balaban J connectivity index is 2.13. The monoisotopic (exact) mass is 248 g/mol. The zero-order valence-electron chi connectivity index (χ0n) is 9.51. The van der Waals surface area contributed by atoms with Crippen LogP contribution in [0.3, 0.4) is 0 Å². The Bertz CT molecular complexity index is 520. The van der Waals surface area contributed by atoms with Crippen LogP contribution < -0.4 is 10.6 Å². The highest BCUT2D eigenvalue weighted by atomic mass is 16.6. The lowest BCUT2D eigenvalue weighted by atomic mass is 9.97. The van der Waals surface area contributed by atoms with E-state index in [2.05, 4.69) is 10.6 Å². The van der Waals surface area contributed by atoms with Crippen LogP contribution in [-0.2, 0) is 0 Å². The van der Waals surface area contributed by atoms with Crippen LogP contribution in [0.15, 0.2) is 18.2 Å². The second kappa shape index (κ2) is 4.60. The number of nitro groups is 1. The molecule has 0 bridgehead atoms. The lowest BCUT2D eigenvalue weighted by Crippen LogP contribution is -2.63. The molecule has 1 aromatic rings. The Labute approximate surface area is 103 Å². The largest absolute Gasteiger partial charge is 0.385 e. The summed E-state index contributed by atoms with van der Waals surface area (Å²) in [5.41, 5.74) is -0.251. The molecule has 1 saturated heterocycles. The SMILES string of the molecule is N#Cc1cc([N+](=O)[O-])ccc1NCC1(O)CNC1. The molecule has 0 amide bonds. The number of aliphatic hydroxyl groups is 1. The highest BCUT2D eigenvalue weighted by molar-refractivity contribution is 5.61. The van der Waals surface area contributed by atoms with Crippen LogP contribution >= 0.6 is 0 Å². The number of benzene rings is 1. The molecule has 1 heterocycles. The summed E-state index contributed by atoms with van der Waals surface area (Å²) in [6.45, 7) is 1.29. The summed E-state index contributed by atoms with van der Waals surface area (Å²) in [5, 5.41) is 35.3. The molecule has 0 atom stereocenters. The van der Waals surface area contributed by atoms with Crippen molar-refractivity contribution in [3.05, 3.63) is 33.9 Å². The van der Waals surface area contributed by atoms with Crippen molar-refractivity contribution < 1.29 is 10.0 Å². The highest BCUT2D eigenvalue weighted by Gasteiger charge is 2.34. The lowest BCUT2D eigenvalue weighted by Gasteiger charge is -2.37. The molecule has 2 rings (SSSR count). The molecule has 0 aromatic heterocycles. The van der Waals surface area contributed by atoms with Crippen molar-refractivity contribution >= 4 is 11.4 Å². The molecule has 0 spiro atoms. The summed E-state index contributed by atoms with van der Waals surface area (Å²) >= 11 is 0. The number of nitrogens with zero attached hydrogens (tertiary/aromatic N) is 2. The van der Waals surface area contributed by atoms with Crippen LogP contribution in [-0.4, -0.2) is 35.3 Å². The Morgan fingerprint density at radius 2 is 2.33 bits per heavy atom. The Morgan fingerprint density at radius 1 is 1.61 bits per heavy atom. The van der Waals surface area contributed by atoms with Gasteiger partial charge in [-0.1, -0.05) is 0 Å². The van der Waals surface area contributed by atoms with E-state index in [1.807, 2.05) is 6.07 Å². The first-order valence-corrected chi connectivity index (χ1v) is 5.40. The van der Waals surface area contributed by atoms with Gasteiger partial charge in [-0.25, -0.2) is 0 Å². The third kappa shape index (κ3) is 2.40. The molecule has 1 aliphatic rings. The Hall–Kier alpha value is -2.17. The summed E-state index contributed by atoms with van der Waals surface area (Å²) in [6.07, 6.45) is 0. The quantitative estimate of drug-likeness (QED) is 0.519. The van der Waals surface area contributed by atoms with Crippen molar-refractivity contribution in [3.63, 3.8) is 0 Å². The average Bonchev–Trinajstić information content (AvgIpc) is 2.33. The standard InChI is InChI=1S/C11H12N4O3/c12-4-8-3-9(15(17)18)1-2-10(8)14-7-11(16)5-13-6-11/h1-3,13-14,16H,5-7H2. The van der Waals surface area contributed by atoms with Gasteiger partial charge in [-0.15, -0.1) is 0 Å². The van der Waals surface area contributed by atoms with Gasteiger partial charge >= 0.3 is 0 Å². The molecule has 0 radical (unpaired) electrons. The summed E-state index contributed by atoms with van der Waals surface area (Å²) in [6, 6.07) is 5.92. The zero-order valence-corrected chi connectivity index (χ0v) is 9.51. The minimum atomic E-state index is -0.811. The maximum atomic E-state index is 10.6. The fourth-order valence-corrected chi connectivity index (χ4v) is 1.69. The van der Waals surface area contributed by atoms with E-state index in [9.17, 15) is 15.2 Å². The summed E-state index contributed by atoms with van der Waals surface area (Å²) in [7, 11) is 0. The van der Waals surface area contributed by atoms with Crippen LogP contribution in [0.1, 0.15) is 5.56 Å². The van der Waals surface area contributed by atoms with Crippen molar-refractivity contribution in [1.29, 1.82) is 5.26 Å². The van der Waals surface area contributed by atoms with Gasteiger partial charge in [0.1, 0.15) is 11.7 Å². The third-order valence-electron chi connectivity index (χ3n) is 2.85. The van der Waals surface area contributed by atoms with E-state index in [1.165, 1.54) is 18.2 Å². The van der Waals surface area contributed by atoms with Crippen LogP contribution in [0.2, 0.25) is 0 Å². The van der Waals surface area contributed by atoms with Gasteiger partial charge < -0.3 is 15.7 Å². The van der Waals surface area contributed by atoms with Gasteiger partial charge in [0.15, 0.2) is 0 Å². The second-order valence-corrected chi connectivity index (χ2v) is 4.28. The number of hydrogen-bond acceptors (Lipinski definition) is 6. The van der Waals surface area contributed by atoms with Gasteiger partial charge in [-0.3, -0.25) is 10.1 Å². The van der Waals surface area contributed by atoms with Crippen LogP contribution in [0.4, 0.5) is 11.4 Å². The van der Waals surface area contributed by atoms with Crippen molar-refractivity contribution in [3.8, 4) is 6.07 Å². The molecule has 0 unspecified atom stereocenters. The number of rotatable bonds is 4. The van der Waals surface area contributed by atoms with Gasteiger partial charge in [0.25, 0.3) is 5.69 Å². The number of nitro benzene ring substituents is 1. The molecule has 0 saturated carbocycles. The van der Waals surface area contributed by atoms with E-state index in [0.717, 1.165) is 0 Å². The molecule has 18 heavy (non-hydrogen) atoms. The fourth-order valence-electron chi connectivity index (χ4n) is 1.69. The number of β-amino-alcohol motifs (C(OH)–C–C–N with tert-alkyl or cyclic N) is 1. The van der Waals surface area contributed by atoms with Gasteiger partial charge in [-0.05, 0) is 6.07 Å². The molecule has 0 aliphatic carbocycles. The predicted molar refractivity (Wildman–Crippen MR) is 64.1 cm³/mol. The Kier molecular flexibility index (Phi) is 3.14. The zero-order chi connectivity index (χ0) is 13.2. The number of nitrogens with one attached hydrogen (secondary N) is 2. The fraction of sp³-hybridized carbons (Fsp3) is 0.364. The van der Waals surface area contributed by atoms with Gasteiger partial charge in [0.2, 0.25) is 0 Å². The molecule has 94 valence electrons. The molecule has 1 fully saturated rings. The van der Waals surface area contributed by atoms with E-state index in [1.54, 1.807) is 0 Å². The number of hydrogen-bond donors (Lipinski definition) is 3. The minimum Gasteiger partial charge on any atom is -0.385 e. The molecule has 1 aromatic carbocycles. The van der Waals surface area contributed by atoms with Crippen LogP contribution in [0.5, 0.6) is 0 Å². The topological polar surface area (TPSA) is 111 Å². The van der Waals surface area contributed by atoms with Gasteiger partial charge in [0, 0.05) is 31.8 Å². The number of non-ortho nitro benzene ring substituents is 1. The maximum absolute atomic E-state index is 10.6. The normalized spacial score (nSPS) is 16.4. The molecule has 7 nitrogen and oxygen atoms in total. The Morgan fingerprint density at radius 3 is 2.83 bits per heavy atom. The molecule has 7 heteroatoms. The van der Waals surface area contributed by atoms with Crippen LogP contribution in [0.25, 0.3) is 0 Å². The van der Waals surface area contributed by atoms with Crippen molar-refractivity contribution in [2.45, 2.75) is 5.60 Å². The van der Waals surface area contributed by atoms with E-state index < -0.39 is 10.5 Å². The van der Waals surface area contributed by atoms with Crippen molar-refractivity contribution in [2.24, 2.45) is 0 Å². The van der Waals surface area contributed by atoms with Gasteiger partial charge in [-0.2, -0.15) is 5.26 Å². The summed E-state index contributed by atoms with van der Waals surface area (Å²) < 4.78 is 0.